The summed E-state index contributed by atoms with van der Waals surface area (Å²) in [6, 6.07) is 0. The molecule has 6 heteroatoms. The van der Waals surface area contributed by atoms with Gasteiger partial charge in [0.15, 0.2) is 5.69 Å². The van der Waals surface area contributed by atoms with Crippen molar-refractivity contribution in [3.8, 4) is 0 Å². The lowest BCUT2D eigenvalue weighted by molar-refractivity contribution is -0.137. The first-order chi connectivity index (χ1) is 8.84. The van der Waals surface area contributed by atoms with E-state index in [1.165, 1.54) is 4.90 Å². The van der Waals surface area contributed by atoms with Crippen molar-refractivity contribution in [1.82, 2.24) is 15.1 Å². The highest BCUT2D eigenvalue weighted by Gasteiger charge is 2.20. The van der Waals surface area contributed by atoms with Gasteiger partial charge in [0.2, 0.25) is 0 Å². The van der Waals surface area contributed by atoms with Gasteiger partial charge in [-0.25, -0.2) is 0 Å². The molecule has 0 spiro atoms. The van der Waals surface area contributed by atoms with E-state index >= 15 is 0 Å². The number of nitrogens with zero attached hydrogens (tertiary/aromatic N) is 2. The van der Waals surface area contributed by atoms with Crippen molar-refractivity contribution in [2.75, 3.05) is 13.6 Å². The van der Waals surface area contributed by atoms with Gasteiger partial charge in [0, 0.05) is 31.3 Å². The van der Waals surface area contributed by atoms with Crippen LogP contribution in [0.4, 0.5) is 0 Å². The number of rotatable bonds is 6. The van der Waals surface area contributed by atoms with Crippen LogP contribution in [-0.4, -0.2) is 45.7 Å². The van der Waals surface area contributed by atoms with E-state index < -0.39 is 5.97 Å². The third-order valence-electron chi connectivity index (χ3n) is 3.06. The van der Waals surface area contributed by atoms with E-state index in [1.54, 1.807) is 7.05 Å². The fraction of sp³-hybridized carbons (Fsp3) is 0.615. The first-order valence-electron chi connectivity index (χ1n) is 6.36. The minimum atomic E-state index is -0.848. The average Bonchev–Trinajstić information content (AvgIpc) is 2.69. The van der Waals surface area contributed by atoms with Crippen LogP contribution >= 0.6 is 0 Å². The van der Waals surface area contributed by atoms with Crippen molar-refractivity contribution < 1.29 is 14.7 Å². The van der Waals surface area contributed by atoms with E-state index in [0.29, 0.717) is 18.7 Å². The SMILES string of the molecule is Cc1c(C(=O)N(C)CCCC(=O)O)n[nH]c1C(C)C. The fourth-order valence-electron chi connectivity index (χ4n) is 1.93. The Morgan fingerprint density at radius 2 is 2.05 bits per heavy atom. The third-order valence-corrected chi connectivity index (χ3v) is 3.06. The second-order valence-corrected chi connectivity index (χ2v) is 4.99. The first kappa shape index (κ1) is 15.2. The summed E-state index contributed by atoms with van der Waals surface area (Å²) in [5.74, 6) is -0.740. The molecule has 1 aromatic rings. The third kappa shape index (κ3) is 3.81. The molecule has 0 unspecified atom stereocenters. The van der Waals surface area contributed by atoms with E-state index in [-0.39, 0.29) is 18.2 Å². The summed E-state index contributed by atoms with van der Waals surface area (Å²) in [7, 11) is 1.66. The van der Waals surface area contributed by atoms with Gasteiger partial charge in [0.25, 0.3) is 5.91 Å². The molecule has 0 fully saturated rings. The van der Waals surface area contributed by atoms with Gasteiger partial charge in [-0.15, -0.1) is 0 Å². The zero-order valence-electron chi connectivity index (χ0n) is 11.9. The van der Waals surface area contributed by atoms with Gasteiger partial charge in [0.05, 0.1) is 0 Å². The molecule has 1 heterocycles. The van der Waals surface area contributed by atoms with Crippen LogP contribution < -0.4 is 0 Å². The predicted octanol–water partition coefficient (Wildman–Crippen LogP) is 1.78. The molecule has 0 aromatic carbocycles. The maximum Gasteiger partial charge on any atom is 0.303 e. The number of aromatic nitrogens is 2. The Morgan fingerprint density at radius 1 is 1.42 bits per heavy atom. The van der Waals surface area contributed by atoms with Crippen LogP contribution in [0, 0.1) is 6.92 Å². The van der Waals surface area contributed by atoms with Crippen LogP contribution in [0.2, 0.25) is 0 Å². The Balaban J connectivity index is 2.69. The zero-order valence-corrected chi connectivity index (χ0v) is 11.9. The number of aromatic amines is 1. The van der Waals surface area contributed by atoms with Crippen molar-refractivity contribution in [3.05, 3.63) is 17.0 Å². The zero-order chi connectivity index (χ0) is 14.6. The molecular formula is C13H21N3O3. The second-order valence-electron chi connectivity index (χ2n) is 4.99. The van der Waals surface area contributed by atoms with Gasteiger partial charge in [0.1, 0.15) is 0 Å². The molecule has 2 N–H and O–H groups in total. The molecule has 1 aromatic heterocycles. The van der Waals surface area contributed by atoms with E-state index in [2.05, 4.69) is 10.2 Å². The molecule has 1 rings (SSSR count). The number of nitrogens with one attached hydrogen (secondary N) is 1. The van der Waals surface area contributed by atoms with Gasteiger partial charge in [-0.1, -0.05) is 13.8 Å². The highest BCUT2D eigenvalue weighted by atomic mass is 16.4. The molecule has 0 atom stereocenters. The summed E-state index contributed by atoms with van der Waals surface area (Å²) in [5, 5.41) is 15.5. The van der Waals surface area contributed by atoms with Crippen LogP contribution in [0.1, 0.15) is 54.4 Å². The Labute approximate surface area is 112 Å². The summed E-state index contributed by atoms with van der Waals surface area (Å²) in [6.45, 7) is 6.35. The lowest BCUT2D eigenvalue weighted by Crippen LogP contribution is -2.29. The van der Waals surface area contributed by atoms with E-state index in [4.69, 9.17) is 5.11 Å². The molecule has 6 nitrogen and oxygen atoms in total. The van der Waals surface area contributed by atoms with Crippen molar-refractivity contribution in [3.63, 3.8) is 0 Å². The number of carboxylic acid groups (broad SMARTS) is 1. The number of hydrogen-bond donors (Lipinski definition) is 2. The highest BCUT2D eigenvalue weighted by molar-refractivity contribution is 5.93. The Morgan fingerprint density at radius 3 is 2.53 bits per heavy atom. The Hall–Kier alpha value is -1.85. The number of aliphatic carboxylic acids is 1. The maximum absolute atomic E-state index is 12.2. The summed E-state index contributed by atoms with van der Waals surface area (Å²) in [5.41, 5.74) is 2.24. The summed E-state index contributed by atoms with van der Waals surface area (Å²) in [6.07, 6.45) is 0.506. The molecular weight excluding hydrogens is 246 g/mol. The van der Waals surface area contributed by atoms with Gasteiger partial charge < -0.3 is 10.0 Å². The minimum Gasteiger partial charge on any atom is -0.481 e. The largest absolute Gasteiger partial charge is 0.481 e. The van der Waals surface area contributed by atoms with Crippen molar-refractivity contribution >= 4 is 11.9 Å². The summed E-state index contributed by atoms with van der Waals surface area (Å²) in [4.78, 5) is 24.1. The smallest absolute Gasteiger partial charge is 0.303 e. The second kappa shape index (κ2) is 6.36. The van der Waals surface area contributed by atoms with E-state index in [9.17, 15) is 9.59 Å². The topological polar surface area (TPSA) is 86.3 Å². The lowest BCUT2D eigenvalue weighted by atomic mass is 10.0. The highest BCUT2D eigenvalue weighted by Crippen LogP contribution is 2.19. The summed E-state index contributed by atoms with van der Waals surface area (Å²) >= 11 is 0. The van der Waals surface area contributed by atoms with Crippen LogP contribution in [0.5, 0.6) is 0 Å². The van der Waals surface area contributed by atoms with Crippen LogP contribution in [0.3, 0.4) is 0 Å². The standard InChI is InChI=1S/C13H21N3O3/c1-8(2)11-9(3)12(15-14-11)13(19)16(4)7-5-6-10(17)18/h8H,5-7H2,1-4H3,(H,14,15)(H,17,18). The van der Waals surface area contributed by atoms with Gasteiger partial charge >= 0.3 is 5.97 Å². The minimum absolute atomic E-state index is 0.0639. The molecule has 0 saturated carbocycles. The van der Waals surface area contributed by atoms with Gasteiger partial charge in [-0.05, 0) is 19.3 Å². The van der Waals surface area contributed by atoms with Crippen LogP contribution in [-0.2, 0) is 4.79 Å². The lowest BCUT2D eigenvalue weighted by Gasteiger charge is -2.15. The predicted molar refractivity (Wildman–Crippen MR) is 71.2 cm³/mol. The molecule has 19 heavy (non-hydrogen) atoms. The van der Waals surface area contributed by atoms with Crippen LogP contribution in [0.25, 0.3) is 0 Å². The van der Waals surface area contributed by atoms with Crippen molar-refractivity contribution in [2.45, 2.75) is 39.5 Å². The number of amides is 1. The van der Waals surface area contributed by atoms with Crippen molar-refractivity contribution in [1.29, 1.82) is 0 Å². The summed E-state index contributed by atoms with van der Waals surface area (Å²) < 4.78 is 0. The average molecular weight is 267 g/mol. The fourth-order valence-corrected chi connectivity index (χ4v) is 1.93. The molecule has 0 saturated heterocycles. The van der Waals surface area contributed by atoms with Gasteiger partial charge in [-0.3, -0.25) is 14.7 Å². The Kier molecular flexibility index (Phi) is 5.09. The van der Waals surface area contributed by atoms with E-state index in [0.717, 1.165) is 11.3 Å². The number of carbonyl (C=O) groups is 2. The number of hydrogen-bond acceptors (Lipinski definition) is 3. The molecule has 0 aliphatic heterocycles. The molecule has 0 aliphatic carbocycles. The first-order valence-corrected chi connectivity index (χ1v) is 6.36. The normalized spacial score (nSPS) is 10.8. The van der Waals surface area contributed by atoms with Gasteiger partial charge in [-0.2, -0.15) is 5.10 Å². The number of carboxylic acids is 1. The van der Waals surface area contributed by atoms with Crippen molar-refractivity contribution in [2.24, 2.45) is 0 Å². The van der Waals surface area contributed by atoms with Crippen LogP contribution in [0.15, 0.2) is 0 Å². The quantitative estimate of drug-likeness (QED) is 0.822. The number of carbonyl (C=O) groups excluding carboxylic acids is 1. The molecule has 0 bridgehead atoms. The molecule has 1 amide bonds. The maximum atomic E-state index is 12.2. The Bertz CT molecular complexity index is 466. The van der Waals surface area contributed by atoms with E-state index in [1.807, 2.05) is 20.8 Å². The molecule has 0 aliphatic rings. The number of H-pyrrole nitrogens is 1. The molecule has 0 radical (unpaired) electrons. The monoisotopic (exact) mass is 267 g/mol. The molecule has 106 valence electrons.